The van der Waals surface area contributed by atoms with Gasteiger partial charge in [-0.25, -0.2) is 4.79 Å². The molecule has 9 heteroatoms. The first-order valence-corrected chi connectivity index (χ1v) is 10.5. The van der Waals surface area contributed by atoms with Crippen LogP contribution in [-0.4, -0.2) is 54.2 Å². The van der Waals surface area contributed by atoms with Gasteiger partial charge in [-0.2, -0.15) is 0 Å². The third kappa shape index (κ3) is 8.01. The average Bonchev–Trinajstić information content (AvgIpc) is 2.73. The molecule has 4 N–H and O–H groups in total. The van der Waals surface area contributed by atoms with Crippen LogP contribution in [0, 0.1) is 0 Å². The Morgan fingerprint density at radius 1 is 1.31 bits per heavy atom. The zero-order valence-corrected chi connectivity index (χ0v) is 18.6. The maximum atomic E-state index is 13.1. The number of halogens is 2. The summed E-state index contributed by atoms with van der Waals surface area (Å²) >= 11 is 12.2. The van der Waals surface area contributed by atoms with Crippen LogP contribution in [0.3, 0.4) is 0 Å². The summed E-state index contributed by atoms with van der Waals surface area (Å²) in [5.74, 6) is -0.0389. The van der Waals surface area contributed by atoms with Gasteiger partial charge in [-0.15, -0.1) is 0 Å². The maximum Gasteiger partial charge on any atom is 0.407 e. The molecular weight excluding hydrogens is 415 g/mol. The average molecular weight is 445 g/mol. The third-order valence-electron chi connectivity index (χ3n) is 4.48. The second-order valence-corrected chi connectivity index (χ2v) is 9.07. The van der Waals surface area contributed by atoms with Crippen molar-refractivity contribution in [1.29, 1.82) is 0 Å². The van der Waals surface area contributed by atoms with Gasteiger partial charge in [-0.1, -0.05) is 23.2 Å². The molecule has 0 bridgehead atoms. The van der Waals surface area contributed by atoms with Crippen molar-refractivity contribution in [2.45, 2.75) is 57.8 Å². The Labute approximate surface area is 182 Å². The predicted octanol–water partition coefficient (Wildman–Crippen LogP) is 2.93. The number of carbonyl (C=O) groups excluding carboxylic acids is 2. The number of nitrogens with one attached hydrogen (secondary N) is 2. The zero-order valence-electron chi connectivity index (χ0n) is 17.1. The molecule has 1 aromatic rings. The van der Waals surface area contributed by atoms with Gasteiger partial charge in [0.1, 0.15) is 5.60 Å². The highest BCUT2D eigenvalue weighted by atomic mass is 35.5. The first kappa shape index (κ1) is 23.7. The van der Waals surface area contributed by atoms with Crippen molar-refractivity contribution < 1.29 is 14.3 Å². The van der Waals surface area contributed by atoms with Crippen LogP contribution in [0.2, 0.25) is 10.0 Å². The van der Waals surface area contributed by atoms with Crippen LogP contribution in [0.4, 0.5) is 4.79 Å². The van der Waals surface area contributed by atoms with Crippen LogP contribution in [0.25, 0.3) is 0 Å². The second kappa shape index (κ2) is 10.5. The number of alkyl carbamates (subject to hydrolysis) is 1. The van der Waals surface area contributed by atoms with E-state index >= 15 is 0 Å². The quantitative estimate of drug-likeness (QED) is 0.626. The van der Waals surface area contributed by atoms with Crippen molar-refractivity contribution in [3.63, 3.8) is 0 Å². The van der Waals surface area contributed by atoms with Crippen LogP contribution in [0.1, 0.15) is 39.2 Å². The van der Waals surface area contributed by atoms with E-state index in [0.29, 0.717) is 42.6 Å². The molecule has 2 rings (SSSR count). The summed E-state index contributed by atoms with van der Waals surface area (Å²) in [5, 5.41) is 7.08. The Morgan fingerprint density at radius 3 is 2.55 bits per heavy atom. The minimum absolute atomic E-state index is 0.0263. The van der Waals surface area contributed by atoms with Crippen LogP contribution in [0.5, 0.6) is 0 Å². The van der Waals surface area contributed by atoms with Crippen molar-refractivity contribution in [2.24, 2.45) is 5.73 Å². The van der Waals surface area contributed by atoms with Crippen molar-refractivity contribution >= 4 is 35.2 Å². The summed E-state index contributed by atoms with van der Waals surface area (Å²) in [4.78, 5) is 26.7. The van der Waals surface area contributed by atoms with Crippen molar-refractivity contribution in [3.05, 3.63) is 33.8 Å². The van der Waals surface area contributed by atoms with Gasteiger partial charge >= 0.3 is 6.09 Å². The zero-order chi connectivity index (χ0) is 21.6. The number of nitrogens with zero attached hydrogens (tertiary/aromatic N) is 1. The van der Waals surface area contributed by atoms with Crippen LogP contribution in [-0.2, 0) is 16.1 Å². The molecule has 0 saturated carbocycles. The molecule has 162 valence electrons. The first-order chi connectivity index (χ1) is 13.6. The van der Waals surface area contributed by atoms with Gasteiger partial charge in [-0.05, 0) is 57.4 Å². The fourth-order valence-corrected chi connectivity index (χ4v) is 3.76. The lowest BCUT2D eigenvalue weighted by atomic mass is 10.1. The monoisotopic (exact) mass is 444 g/mol. The summed E-state index contributed by atoms with van der Waals surface area (Å²) in [5.41, 5.74) is 6.15. The maximum absolute atomic E-state index is 13.1. The molecule has 2 amide bonds. The Bertz CT molecular complexity index is 704. The molecule has 1 fully saturated rings. The molecule has 0 spiro atoms. The topological polar surface area (TPSA) is 96.7 Å². The highest BCUT2D eigenvalue weighted by Gasteiger charge is 2.30. The molecule has 7 nitrogen and oxygen atoms in total. The number of rotatable bonds is 6. The van der Waals surface area contributed by atoms with Crippen molar-refractivity contribution in [3.8, 4) is 0 Å². The SMILES string of the molecule is CC(C)(C)OC(=O)NCC[C@@H]1NC(CN)CCN(Cc2cc(Cl)cc(Cl)c2)C1=O. The van der Waals surface area contributed by atoms with Gasteiger partial charge in [0.25, 0.3) is 0 Å². The largest absolute Gasteiger partial charge is 0.444 e. The third-order valence-corrected chi connectivity index (χ3v) is 4.91. The van der Waals surface area contributed by atoms with Crippen molar-refractivity contribution in [2.75, 3.05) is 19.6 Å². The Balaban J connectivity index is 2.01. The van der Waals surface area contributed by atoms with E-state index in [1.54, 1.807) is 43.9 Å². The van der Waals surface area contributed by atoms with E-state index in [-0.39, 0.29) is 11.9 Å². The Morgan fingerprint density at radius 2 is 1.97 bits per heavy atom. The summed E-state index contributed by atoms with van der Waals surface area (Å²) in [7, 11) is 0. The number of benzene rings is 1. The predicted molar refractivity (Wildman–Crippen MR) is 115 cm³/mol. The molecule has 29 heavy (non-hydrogen) atoms. The van der Waals surface area contributed by atoms with Crippen LogP contribution >= 0.6 is 23.2 Å². The van der Waals surface area contributed by atoms with Gasteiger partial charge in [0.15, 0.2) is 0 Å². The molecule has 0 aromatic heterocycles. The number of nitrogens with two attached hydrogens (primary N) is 1. The second-order valence-electron chi connectivity index (χ2n) is 8.20. The number of hydrogen-bond donors (Lipinski definition) is 3. The number of hydrogen-bond acceptors (Lipinski definition) is 5. The van der Waals surface area contributed by atoms with Gasteiger partial charge in [-0.3, -0.25) is 4.79 Å². The van der Waals surface area contributed by atoms with E-state index in [0.717, 1.165) is 12.0 Å². The van der Waals surface area contributed by atoms with Gasteiger partial charge in [0, 0.05) is 42.3 Å². The summed E-state index contributed by atoms with van der Waals surface area (Å²) < 4.78 is 5.23. The van der Waals surface area contributed by atoms with Gasteiger partial charge in [0.05, 0.1) is 6.04 Å². The van der Waals surface area contributed by atoms with E-state index in [9.17, 15) is 9.59 Å². The highest BCUT2D eigenvalue weighted by Crippen LogP contribution is 2.21. The number of carbonyl (C=O) groups is 2. The molecule has 1 heterocycles. The molecule has 0 radical (unpaired) electrons. The molecule has 1 unspecified atom stereocenters. The standard InChI is InChI=1S/C20H30Cl2N4O3/c1-20(2,3)29-19(28)24-6-4-17-18(27)26(7-5-16(11-23)25-17)12-13-8-14(21)10-15(22)9-13/h8-10,16-17,25H,4-7,11-12,23H2,1-3H3,(H,24,28)/t16?,17-/m0/s1. The number of amides is 2. The minimum atomic E-state index is -0.569. The van der Waals surface area contributed by atoms with E-state index < -0.39 is 17.7 Å². The Hall–Kier alpha value is -1.54. The van der Waals surface area contributed by atoms with Gasteiger partial charge < -0.3 is 26.0 Å². The van der Waals surface area contributed by atoms with E-state index in [1.807, 2.05) is 0 Å². The normalized spacial score (nSPS) is 20.3. The molecule has 2 atom stereocenters. The lowest BCUT2D eigenvalue weighted by Gasteiger charge is -2.25. The fraction of sp³-hybridized carbons (Fsp3) is 0.600. The van der Waals surface area contributed by atoms with E-state index in [2.05, 4.69) is 10.6 Å². The minimum Gasteiger partial charge on any atom is -0.444 e. The lowest BCUT2D eigenvalue weighted by molar-refractivity contribution is -0.133. The summed E-state index contributed by atoms with van der Waals surface area (Å²) in [6.07, 6.45) is 0.674. The molecule has 1 saturated heterocycles. The summed E-state index contributed by atoms with van der Waals surface area (Å²) in [6, 6.07) is 4.85. The molecule has 0 aliphatic carbocycles. The lowest BCUT2D eigenvalue weighted by Crippen LogP contribution is -2.48. The molecule has 1 aliphatic rings. The number of ether oxygens (including phenoxy) is 1. The van der Waals surface area contributed by atoms with E-state index in [1.165, 1.54) is 0 Å². The molecule has 1 aromatic carbocycles. The van der Waals surface area contributed by atoms with Crippen molar-refractivity contribution in [1.82, 2.24) is 15.5 Å². The summed E-state index contributed by atoms with van der Waals surface area (Å²) in [6.45, 7) is 7.13. The first-order valence-electron chi connectivity index (χ1n) is 9.74. The Kier molecular flexibility index (Phi) is 8.58. The van der Waals surface area contributed by atoms with Gasteiger partial charge in [0.2, 0.25) is 5.91 Å². The molecule has 1 aliphatic heterocycles. The fourth-order valence-electron chi connectivity index (χ4n) is 3.19. The molecular formula is C20H30Cl2N4O3. The highest BCUT2D eigenvalue weighted by molar-refractivity contribution is 6.34. The van der Waals surface area contributed by atoms with Crippen LogP contribution < -0.4 is 16.4 Å². The smallest absolute Gasteiger partial charge is 0.407 e. The van der Waals surface area contributed by atoms with Crippen LogP contribution in [0.15, 0.2) is 18.2 Å². The van der Waals surface area contributed by atoms with E-state index in [4.69, 9.17) is 33.7 Å².